The minimum atomic E-state index is -3.81. The van der Waals surface area contributed by atoms with Crippen molar-refractivity contribution in [3.63, 3.8) is 0 Å². The lowest BCUT2D eigenvalue weighted by molar-refractivity contribution is -0.139. The largest absolute Gasteiger partial charge is 0.481 e. The third-order valence-electron chi connectivity index (χ3n) is 3.45. The second-order valence-electron chi connectivity index (χ2n) is 4.70. The van der Waals surface area contributed by atoms with Gasteiger partial charge in [0.25, 0.3) is 0 Å². The number of benzene rings is 1. The summed E-state index contributed by atoms with van der Waals surface area (Å²) in [6.07, 6.45) is 0. The van der Waals surface area contributed by atoms with E-state index in [1.54, 1.807) is 30.3 Å². The van der Waals surface area contributed by atoms with Crippen molar-refractivity contribution >= 4 is 16.0 Å². The van der Waals surface area contributed by atoms with Crippen LogP contribution in [0.25, 0.3) is 0 Å². The Kier molecular flexibility index (Phi) is 3.79. The molecule has 1 N–H and O–H groups in total. The maximum atomic E-state index is 12.2. The van der Waals surface area contributed by atoms with E-state index in [1.165, 1.54) is 6.92 Å². The summed E-state index contributed by atoms with van der Waals surface area (Å²) >= 11 is 0. The van der Waals surface area contributed by atoms with Crippen LogP contribution < -0.4 is 0 Å². The van der Waals surface area contributed by atoms with Gasteiger partial charge in [0.15, 0.2) is 5.25 Å². The van der Waals surface area contributed by atoms with Crippen LogP contribution in [0.3, 0.4) is 0 Å². The van der Waals surface area contributed by atoms with E-state index in [1.807, 2.05) is 0 Å². The zero-order valence-electron chi connectivity index (χ0n) is 10.9. The van der Waals surface area contributed by atoms with Crippen LogP contribution in [0.4, 0.5) is 0 Å². The Bertz CT molecular complexity index is 678. The van der Waals surface area contributed by atoms with Gasteiger partial charge < -0.3 is 5.11 Å². The van der Waals surface area contributed by atoms with E-state index in [2.05, 4.69) is 0 Å². The fourth-order valence-corrected chi connectivity index (χ4v) is 3.53. The quantitative estimate of drug-likeness (QED) is 0.893. The summed E-state index contributed by atoms with van der Waals surface area (Å²) in [5.41, 5.74) is 1.30. The topological polar surface area (TPSA) is 98.5 Å². The lowest BCUT2D eigenvalue weighted by atomic mass is 9.91. The maximum Gasteiger partial charge on any atom is 0.312 e. The Morgan fingerprint density at radius 1 is 1.50 bits per heavy atom. The molecule has 1 aliphatic heterocycles. The van der Waals surface area contributed by atoms with Crippen molar-refractivity contribution in [2.45, 2.75) is 24.6 Å². The monoisotopic (exact) mass is 294 g/mol. The Morgan fingerprint density at radius 2 is 2.15 bits per heavy atom. The number of nitrogens with zero attached hydrogens (tertiary/aromatic N) is 2. The van der Waals surface area contributed by atoms with Gasteiger partial charge in [0.05, 0.1) is 12.0 Å². The average molecular weight is 294 g/mol. The summed E-state index contributed by atoms with van der Waals surface area (Å²) in [7, 11) is -3.81. The molecule has 1 aromatic carbocycles. The fourth-order valence-electron chi connectivity index (χ4n) is 2.27. The molecule has 20 heavy (non-hydrogen) atoms. The van der Waals surface area contributed by atoms with Crippen molar-refractivity contribution in [1.29, 1.82) is 5.26 Å². The highest BCUT2D eigenvalue weighted by molar-refractivity contribution is 7.89. The summed E-state index contributed by atoms with van der Waals surface area (Å²) in [5, 5.41) is 16.9. The zero-order valence-corrected chi connectivity index (χ0v) is 11.7. The van der Waals surface area contributed by atoms with E-state index < -0.39 is 27.2 Å². The van der Waals surface area contributed by atoms with E-state index >= 15 is 0 Å². The van der Waals surface area contributed by atoms with Crippen LogP contribution in [0.15, 0.2) is 24.3 Å². The van der Waals surface area contributed by atoms with E-state index in [0.29, 0.717) is 11.1 Å². The van der Waals surface area contributed by atoms with E-state index in [-0.39, 0.29) is 13.1 Å². The average Bonchev–Trinajstić information content (AvgIpc) is 2.44. The lowest BCUT2D eigenvalue weighted by Crippen LogP contribution is -2.43. The molecular weight excluding hydrogens is 280 g/mol. The van der Waals surface area contributed by atoms with Gasteiger partial charge in [0, 0.05) is 13.1 Å². The number of fused-ring (bicyclic) bond motifs is 1. The van der Waals surface area contributed by atoms with Crippen LogP contribution in [0.2, 0.25) is 0 Å². The predicted octanol–water partition coefficient (Wildman–Crippen LogP) is 0.912. The second-order valence-corrected chi connectivity index (χ2v) is 6.95. The van der Waals surface area contributed by atoms with Crippen molar-refractivity contribution in [3.8, 4) is 6.07 Å². The molecule has 2 rings (SSSR count). The summed E-state index contributed by atoms with van der Waals surface area (Å²) in [5.74, 6) is -1.97. The van der Waals surface area contributed by atoms with Gasteiger partial charge in [0.1, 0.15) is 0 Å². The molecule has 1 aromatic rings. The Hall–Kier alpha value is -1.91. The molecule has 2 atom stereocenters. The molecule has 2 unspecified atom stereocenters. The molecule has 6 nitrogen and oxygen atoms in total. The van der Waals surface area contributed by atoms with Gasteiger partial charge in [-0.15, -0.1) is 0 Å². The van der Waals surface area contributed by atoms with Gasteiger partial charge >= 0.3 is 5.97 Å². The lowest BCUT2D eigenvalue weighted by Gasteiger charge is -2.32. The zero-order chi connectivity index (χ0) is 14.9. The summed E-state index contributed by atoms with van der Waals surface area (Å²) in [6.45, 7) is 1.26. The first-order valence-electron chi connectivity index (χ1n) is 6.07. The number of nitriles is 1. The van der Waals surface area contributed by atoms with E-state index in [9.17, 15) is 18.3 Å². The highest BCUT2D eigenvalue weighted by atomic mass is 32.2. The van der Waals surface area contributed by atoms with Crippen molar-refractivity contribution in [3.05, 3.63) is 35.4 Å². The first-order valence-corrected chi connectivity index (χ1v) is 7.57. The fraction of sp³-hybridized carbons (Fsp3) is 0.385. The van der Waals surface area contributed by atoms with Crippen molar-refractivity contribution in [2.75, 3.05) is 6.54 Å². The van der Waals surface area contributed by atoms with Crippen LogP contribution in [-0.4, -0.2) is 35.6 Å². The van der Waals surface area contributed by atoms with Crippen molar-refractivity contribution < 1.29 is 18.3 Å². The second kappa shape index (κ2) is 5.23. The highest BCUT2D eigenvalue weighted by Crippen LogP contribution is 2.30. The maximum absolute atomic E-state index is 12.2. The SMILES string of the molecule is CC(C#N)S(=O)(=O)N1Cc2ccccc2C(C(=O)O)C1. The van der Waals surface area contributed by atoms with Crippen molar-refractivity contribution in [1.82, 2.24) is 4.31 Å². The molecule has 0 aromatic heterocycles. The van der Waals surface area contributed by atoms with Crippen LogP contribution in [-0.2, 0) is 21.4 Å². The number of rotatable bonds is 3. The first-order chi connectivity index (χ1) is 9.37. The van der Waals surface area contributed by atoms with Crippen LogP contribution in [0.1, 0.15) is 24.0 Å². The van der Waals surface area contributed by atoms with Gasteiger partial charge in [-0.2, -0.15) is 9.57 Å². The number of sulfonamides is 1. The number of hydrogen-bond acceptors (Lipinski definition) is 4. The molecular formula is C13H14N2O4S. The number of aliphatic carboxylic acids is 1. The van der Waals surface area contributed by atoms with E-state index in [0.717, 1.165) is 4.31 Å². The summed E-state index contributed by atoms with van der Waals surface area (Å²) in [6, 6.07) is 8.58. The molecule has 0 bridgehead atoms. The third kappa shape index (κ3) is 2.40. The predicted molar refractivity (Wildman–Crippen MR) is 71.2 cm³/mol. The van der Waals surface area contributed by atoms with Crippen LogP contribution in [0, 0.1) is 11.3 Å². The molecule has 0 aliphatic carbocycles. The number of hydrogen-bond donors (Lipinski definition) is 1. The van der Waals surface area contributed by atoms with Gasteiger partial charge in [-0.05, 0) is 18.1 Å². The van der Waals surface area contributed by atoms with Gasteiger partial charge in [-0.3, -0.25) is 4.79 Å². The molecule has 106 valence electrons. The molecule has 0 saturated carbocycles. The van der Waals surface area contributed by atoms with Crippen LogP contribution >= 0.6 is 0 Å². The van der Waals surface area contributed by atoms with Crippen molar-refractivity contribution in [2.24, 2.45) is 0 Å². The summed E-state index contributed by atoms with van der Waals surface area (Å²) in [4.78, 5) is 11.3. The number of carboxylic acids is 1. The Labute approximate surface area is 117 Å². The minimum Gasteiger partial charge on any atom is -0.481 e. The van der Waals surface area contributed by atoms with Gasteiger partial charge in [-0.1, -0.05) is 24.3 Å². The van der Waals surface area contributed by atoms with Gasteiger partial charge in [0.2, 0.25) is 10.0 Å². The molecule has 0 spiro atoms. The first kappa shape index (κ1) is 14.5. The molecule has 0 fully saturated rings. The Morgan fingerprint density at radius 3 is 2.75 bits per heavy atom. The molecule has 0 amide bonds. The standard InChI is InChI=1S/C13H14N2O4S/c1-9(6-14)20(18,19)15-7-10-4-2-3-5-11(10)12(8-15)13(16)17/h2-5,9,12H,7-8H2,1H3,(H,16,17). The minimum absolute atomic E-state index is 0.105. The molecule has 1 aliphatic rings. The highest BCUT2D eigenvalue weighted by Gasteiger charge is 2.37. The normalized spacial score (nSPS) is 20.7. The van der Waals surface area contributed by atoms with Crippen LogP contribution in [0.5, 0.6) is 0 Å². The Balaban J connectivity index is 2.44. The number of carbonyl (C=O) groups is 1. The summed E-state index contributed by atoms with van der Waals surface area (Å²) < 4.78 is 25.5. The molecule has 0 saturated heterocycles. The molecule has 7 heteroatoms. The molecule has 1 heterocycles. The number of carboxylic acid groups (broad SMARTS) is 1. The molecule has 0 radical (unpaired) electrons. The van der Waals surface area contributed by atoms with E-state index in [4.69, 9.17) is 5.26 Å². The smallest absolute Gasteiger partial charge is 0.312 e. The van der Waals surface area contributed by atoms with Gasteiger partial charge in [-0.25, -0.2) is 8.42 Å². The third-order valence-corrected chi connectivity index (χ3v) is 5.45.